The summed E-state index contributed by atoms with van der Waals surface area (Å²) in [6, 6.07) is 9.88. The Hall–Kier alpha value is -1.84. The largest absolute Gasteiger partial charge is 0.273 e. The molecule has 4 nitrogen and oxygen atoms in total. The quantitative estimate of drug-likeness (QED) is 0.834. The van der Waals surface area contributed by atoms with Crippen LogP contribution >= 0.6 is 0 Å². The van der Waals surface area contributed by atoms with Crippen molar-refractivity contribution in [3.05, 3.63) is 35.9 Å². The van der Waals surface area contributed by atoms with Crippen molar-refractivity contribution in [2.45, 2.75) is 38.5 Å². The van der Waals surface area contributed by atoms with Crippen LogP contribution in [0, 0.1) is 17.8 Å². The lowest BCUT2D eigenvalue weighted by molar-refractivity contribution is -0.129. The smallest absolute Gasteiger partial charge is 0.242 e. The SMILES string of the molecule is O=C(CCc1ccccc1)NNC(=O)C1C2CCCCC21. The molecule has 21 heavy (non-hydrogen) atoms. The van der Waals surface area contributed by atoms with E-state index in [0.29, 0.717) is 24.7 Å². The first-order valence-corrected chi connectivity index (χ1v) is 7.88. The maximum absolute atomic E-state index is 12.0. The fourth-order valence-corrected chi connectivity index (χ4v) is 3.56. The van der Waals surface area contributed by atoms with E-state index in [2.05, 4.69) is 10.9 Å². The lowest BCUT2D eigenvalue weighted by Gasteiger charge is -2.07. The molecule has 1 aromatic rings. The summed E-state index contributed by atoms with van der Waals surface area (Å²) in [6.07, 6.45) is 5.91. The highest BCUT2D eigenvalue weighted by Crippen LogP contribution is 2.55. The minimum absolute atomic E-state index is 0.0000360. The second kappa shape index (κ2) is 6.29. The normalized spacial score (nSPS) is 26.6. The Morgan fingerprint density at radius 3 is 2.33 bits per heavy atom. The zero-order valence-corrected chi connectivity index (χ0v) is 12.2. The van der Waals surface area contributed by atoms with Gasteiger partial charge in [-0.2, -0.15) is 0 Å². The molecule has 2 aliphatic rings. The number of aryl methyl sites for hydroxylation is 1. The highest BCUT2D eigenvalue weighted by Gasteiger charge is 2.54. The summed E-state index contributed by atoms with van der Waals surface area (Å²) < 4.78 is 0. The maximum Gasteiger partial charge on any atom is 0.242 e. The van der Waals surface area contributed by atoms with Gasteiger partial charge in [0.2, 0.25) is 11.8 Å². The van der Waals surface area contributed by atoms with Crippen LogP contribution in [0.2, 0.25) is 0 Å². The molecule has 2 aliphatic carbocycles. The van der Waals surface area contributed by atoms with E-state index >= 15 is 0 Å². The molecule has 3 rings (SSSR count). The molecule has 2 fully saturated rings. The number of carbonyl (C=O) groups is 2. The minimum Gasteiger partial charge on any atom is -0.273 e. The zero-order valence-electron chi connectivity index (χ0n) is 12.2. The summed E-state index contributed by atoms with van der Waals surface area (Å²) in [7, 11) is 0. The molecule has 2 unspecified atom stereocenters. The van der Waals surface area contributed by atoms with Gasteiger partial charge in [-0.3, -0.25) is 20.4 Å². The Kier molecular flexibility index (Phi) is 4.23. The van der Waals surface area contributed by atoms with Gasteiger partial charge in [0.1, 0.15) is 0 Å². The van der Waals surface area contributed by atoms with Gasteiger partial charge in [0.25, 0.3) is 0 Å². The second-order valence-electron chi connectivity index (χ2n) is 6.16. The molecule has 0 heterocycles. The first-order valence-electron chi connectivity index (χ1n) is 7.88. The summed E-state index contributed by atoms with van der Waals surface area (Å²) in [5.74, 6) is 1.15. The molecule has 4 heteroatoms. The molecule has 112 valence electrons. The molecule has 0 aliphatic heterocycles. The Morgan fingerprint density at radius 2 is 1.67 bits per heavy atom. The number of nitrogens with one attached hydrogen (secondary N) is 2. The number of carbonyl (C=O) groups excluding carboxylic acids is 2. The molecule has 0 aromatic heterocycles. The van der Waals surface area contributed by atoms with Crippen LogP contribution in [0.5, 0.6) is 0 Å². The van der Waals surface area contributed by atoms with Crippen LogP contribution in [0.25, 0.3) is 0 Å². The van der Waals surface area contributed by atoms with Gasteiger partial charge in [0, 0.05) is 12.3 Å². The topological polar surface area (TPSA) is 58.2 Å². The fourth-order valence-electron chi connectivity index (χ4n) is 3.56. The van der Waals surface area contributed by atoms with E-state index < -0.39 is 0 Å². The molecule has 2 saturated carbocycles. The Bertz CT molecular complexity index is 503. The van der Waals surface area contributed by atoms with Crippen molar-refractivity contribution in [2.24, 2.45) is 17.8 Å². The predicted molar refractivity (Wildman–Crippen MR) is 80.0 cm³/mol. The molecule has 0 saturated heterocycles. The number of amides is 2. The molecule has 2 atom stereocenters. The van der Waals surface area contributed by atoms with E-state index in [1.165, 1.54) is 25.7 Å². The average Bonchev–Trinajstić information content (AvgIpc) is 3.26. The van der Waals surface area contributed by atoms with E-state index in [1.54, 1.807) is 0 Å². The van der Waals surface area contributed by atoms with Crippen molar-refractivity contribution in [3.8, 4) is 0 Å². The van der Waals surface area contributed by atoms with Gasteiger partial charge < -0.3 is 0 Å². The second-order valence-corrected chi connectivity index (χ2v) is 6.16. The molecule has 2 N–H and O–H groups in total. The van der Waals surface area contributed by atoms with Crippen molar-refractivity contribution < 1.29 is 9.59 Å². The molecular formula is C17H22N2O2. The maximum atomic E-state index is 12.0. The number of fused-ring (bicyclic) bond motifs is 1. The predicted octanol–water partition coefficient (Wildman–Crippen LogP) is 2.20. The summed E-state index contributed by atoms with van der Waals surface area (Å²) in [6.45, 7) is 0. The standard InChI is InChI=1S/C17H22N2O2/c20-15(11-10-12-6-2-1-3-7-12)18-19-17(21)16-13-8-4-5-9-14(13)16/h1-3,6-7,13-14,16H,4-5,8-11H2,(H,18,20)(H,19,21). The number of hydrogen-bond donors (Lipinski definition) is 2. The van der Waals surface area contributed by atoms with E-state index in [0.717, 1.165) is 5.56 Å². The summed E-state index contributed by atoms with van der Waals surface area (Å²) in [5.41, 5.74) is 6.28. The van der Waals surface area contributed by atoms with Crippen molar-refractivity contribution in [1.29, 1.82) is 0 Å². The number of hydrazine groups is 1. The van der Waals surface area contributed by atoms with Gasteiger partial charge in [-0.25, -0.2) is 0 Å². The van der Waals surface area contributed by atoms with Gasteiger partial charge in [0.15, 0.2) is 0 Å². The summed E-state index contributed by atoms with van der Waals surface area (Å²) in [4.78, 5) is 23.8. The molecule has 1 aromatic carbocycles. The van der Waals surface area contributed by atoms with E-state index in [4.69, 9.17) is 0 Å². The van der Waals surface area contributed by atoms with Crippen LogP contribution in [0.1, 0.15) is 37.7 Å². The lowest BCUT2D eigenvalue weighted by Crippen LogP contribution is -2.42. The minimum atomic E-state index is -0.129. The zero-order chi connectivity index (χ0) is 14.7. The third-order valence-electron chi connectivity index (χ3n) is 4.77. The summed E-state index contributed by atoms with van der Waals surface area (Å²) >= 11 is 0. The first-order chi connectivity index (χ1) is 10.3. The Balaban J connectivity index is 1.37. The number of benzene rings is 1. The number of hydrogen-bond acceptors (Lipinski definition) is 2. The van der Waals surface area contributed by atoms with Crippen molar-refractivity contribution in [2.75, 3.05) is 0 Å². The lowest BCUT2D eigenvalue weighted by atomic mass is 10.0. The molecule has 0 bridgehead atoms. The molecule has 0 radical (unpaired) electrons. The van der Waals surface area contributed by atoms with Crippen molar-refractivity contribution >= 4 is 11.8 Å². The average molecular weight is 286 g/mol. The van der Waals surface area contributed by atoms with Crippen LogP contribution in [0.3, 0.4) is 0 Å². The van der Waals surface area contributed by atoms with Crippen LogP contribution in [0.4, 0.5) is 0 Å². The van der Waals surface area contributed by atoms with E-state index in [1.807, 2.05) is 30.3 Å². The van der Waals surface area contributed by atoms with Crippen LogP contribution < -0.4 is 10.9 Å². The fraction of sp³-hybridized carbons (Fsp3) is 0.529. The highest BCUT2D eigenvalue weighted by molar-refractivity contribution is 5.85. The molecule has 0 spiro atoms. The monoisotopic (exact) mass is 286 g/mol. The van der Waals surface area contributed by atoms with Crippen molar-refractivity contribution in [3.63, 3.8) is 0 Å². The van der Waals surface area contributed by atoms with Gasteiger partial charge in [-0.1, -0.05) is 43.2 Å². The van der Waals surface area contributed by atoms with Crippen molar-refractivity contribution in [1.82, 2.24) is 10.9 Å². The summed E-state index contributed by atoms with van der Waals surface area (Å²) in [5, 5.41) is 0. The first kappa shape index (κ1) is 14.1. The Morgan fingerprint density at radius 1 is 1.00 bits per heavy atom. The van der Waals surface area contributed by atoms with E-state index in [-0.39, 0.29) is 17.7 Å². The van der Waals surface area contributed by atoms with Crippen LogP contribution in [-0.4, -0.2) is 11.8 Å². The van der Waals surface area contributed by atoms with Gasteiger partial charge in [-0.05, 0) is 36.7 Å². The van der Waals surface area contributed by atoms with Gasteiger partial charge >= 0.3 is 0 Å². The third-order valence-corrected chi connectivity index (χ3v) is 4.77. The van der Waals surface area contributed by atoms with Gasteiger partial charge in [-0.15, -0.1) is 0 Å². The molecule has 2 amide bonds. The van der Waals surface area contributed by atoms with Crippen LogP contribution in [-0.2, 0) is 16.0 Å². The molecular weight excluding hydrogens is 264 g/mol. The third kappa shape index (κ3) is 3.43. The number of rotatable bonds is 4. The van der Waals surface area contributed by atoms with E-state index in [9.17, 15) is 9.59 Å². The Labute approximate surface area is 125 Å². The highest BCUT2D eigenvalue weighted by atomic mass is 16.2. The van der Waals surface area contributed by atoms with Crippen LogP contribution in [0.15, 0.2) is 30.3 Å². The van der Waals surface area contributed by atoms with Gasteiger partial charge in [0.05, 0.1) is 0 Å².